The molecule has 1 heterocycles. The first-order valence-electron chi connectivity index (χ1n) is 7.54. The van der Waals surface area contributed by atoms with Crippen LogP contribution in [0, 0.1) is 20.8 Å². The quantitative estimate of drug-likeness (QED) is 0.705. The summed E-state index contributed by atoms with van der Waals surface area (Å²) in [6.45, 7) is 7.18. The topological polar surface area (TPSA) is 40.7 Å². The molecule has 1 aromatic heterocycles. The Bertz CT molecular complexity index is 755. The first kappa shape index (κ1) is 17.1. The van der Waals surface area contributed by atoms with Crippen molar-refractivity contribution in [3.8, 4) is 11.4 Å². The highest BCUT2D eigenvalue weighted by Gasteiger charge is 2.05. The van der Waals surface area contributed by atoms with Crippen molar-refractivity contribution < 1.29 is 0 Å². The number of anilines is 1. The zero-order valence-corrected chi connectivity index (χ0v) is 14.5. The fourth-order valence-corrected chi connectivity index (χ4v) is 2.58. The number of H-pyrrole nitrogens is 1. The Balaban J connectivity index is 0.00000192. The largest absolute Gasteiger partial charge is 0.366 e. The Morgan fingerprint density at radius 3 is 2.26 bits per heavy atom. The van der Waals surface area contributed by atoms with Crippen LogP contribution in [0.3, 0.4) is 0 Å². The fraction of sp³-hybridized carbons (Fsp3) is 0.211. The standard InChI is InChI=1S/C19H21N3.ClH/c1-13-7-9-16(10-8-13)19-21-12-18(22-19)20-11-17-14(2)5-4-6-15(17)3;/h4-10,12,20H,11H2,1-3H3,(H,21,22);1H. The second-order valence-electron chi connectivity index (χ2n) is 5.74. The molecule has 3 rings (SSSR count). The first-order chi connectivity index (χ1) is 10.6. The monoisotopic (exact) mass is 327 g/mol. The molecule has 0 aliphatic heterocycles. The fourth-order valence-electron chi connectivity index (χ4n) is 2.58. The number of hydrogen-bond donors (Lipinski definition) is 2. The van der Waals surface area contributed by atoms with E-state index in [2.05, 4.69) is 78.5 Å². The molecular weight excluding hydrogens is 306 g/mol. The summed E-state index contributed by atoms with van der Waals surface area (Å²) in [4.78, 5) is 7.79. The molecule has 23 heavy (non-hydrogen) atoms. The predicted octanol–water partition coefficient (Wildman–Crippen LogP) is 5.04. The van der Waals surface area contributed by atoms with Crippen LogP contribution in [0.4, 0.5) is 5.82 Å². The van der Waals surface area contributed by atoms with Gasteiger partial charge in [-0.3, -0.25) is 0 Å². The molecule has 0 radical (unpaired) electrons. The molecule has 0 saturated carbocycles. The van der Waals surface area contributed by atoms with Gasteiger partial charge in [-0.1, -0.05) is 48.0 Å². The van der Waals surface area contributed by atoms with Gasteiger partial charge in [0.2, 0.25) is 0 Å². The molecule has 0 atom stereocenters. The van der Waals surface area contributed by atoms with Crippen LogP contribution in [0.15, 0.2) is 48.7 Å². The van der Waals surface area contributed by atoms with E-state index in [1.54, 1.807) is 0 Å². The number of aryl methyl sites for hydroxylation is 3. The van der Waals surface area contributed by atoms with Gasteiger partial charge in [-0.15, -0.1) is 12.4 Å². The molecule has 120 valence electrons. The zero-order chi connectivity index (χ0) is 15.5. The summed E-state index contributed by atoms with van der Waals surface area (Å²) in [5, 5.41) is 3.43. The summed E-state index contributed by atoms with van der Waals surface area (Å²) in [5.41, 5.74) is 6.32. The Morgan fingerprint density at radius 1 is 0.957 bits per heavy atom. The van der Waals surface area contributed by atoms with Crippen molar-refractivity contribution in [1.29, 1.82) is 0 Å². The number of nitrogens with zero attached hydrogens (tertiary/aromatic N) is 1. The number of benzene rings is 2. The maximum Gasteiger partial charge on any atom is 0.138 e. The van der Waals surface area contributed by atoms with Crippen molar-refractivity contribution in [2.24, 2.45) is 0 Å². The number of halogens is 1. The molecule has 0 unspecified atom stereocenters. The van der Waals surface area contributed by atoms with Crippen molar-refractivity contribution >= 4 is 18.2 Å². The number of hydrogen-bond acceptors (Lipinski definition) is 2. The first-order valence-corrected chi connectivity index (χ1v) is 7.54. The van der Waals surface area contributed by atoms with Gasteiger partial charge in [0, 0.05) is 12.1 Å². The molecule has 2 N–H and O–H groups in total. The summed E-state index contributed by atoms with van der Waals surface area (Å²) in [7, 11) is 0. The van der Waals surface area contributed by atoms with Gasteiger partial charge < -0.3 is 10.3 Å². The van der Waals surface area contributed by atoms with Crippen LogP contribution < -0.4 is 5.32 Å². The number of aromatic nitrogens is 2. The van der Waals surface area contributed by atoms with Crippen molar-refractivity contribution in [1.82, 2.24) is 9.97 Å². The van der Waals surface area contributed by atoms with Gasteiger partial charge in [-0.05, 0) is 37.5 Å². The van der Waals surface area contributed by atoms with Crippen LogP contribution >= 0.6 is 12.4 Å². The molecule has 2 aromatic carbocycles. The van der Waals surface area contributed by atoms with Crippen LogP contribution in [-0.4, -0.2) is 9.97 Å². The summed E-state index contributed by atoms with van der Waals surface area (Å²) in [5.74, 6) is 1.84. The van der Waals surface area contributed by atoms with Crippen LogP contribution in [0.2, 0.25) is 0 Å². The summed E-state index contributed by atoms with van der Waals surface area (Å²) < 4.78 is 0. The SMILES string of the molecule is Cc1ccc(-c2ncc(NCc3c(C)cccc3C)[nH]2)cc1.Cl. The molecule has 4 heteroatoms. The molecule has 3 nitrogen and oxygen atoms in total. The Kier molecular flexibility index (Phi) is 5.45. The van der Waals surface area contributed by atoms with Gasteiger partial charge in [0.1, 0.15) is 11.6 Å². The molecule has 0 saturated heterocycles. The average molecular weight is 328 g/mol. The van der Waals surface area contributed by atoms with Crippen molar-refractivity contribution in [2.45, 2.75) is 27.3 Å². The normalized spacial score (nSPS) is 10.2. The van der Waals surface area contributed by atoms with Crippen LogP contribution in [0.1, 0.15) is 22.3 Å². The Morgan fingerprint density at radius 2 is 1.61 bits per heavy atom. The third-order valence-corrected chi connectivity index (χ3v) is 4.00. The minimum atomic E-state index is 0. The molecule has 0 bridgehead atoms. The smallest absolute Gasteiger partial charge is 0.138 e. The van der Waals surface area contributed by atoms with Crippen LogP contribution in [0.25, 0.3) is 11.4 Å². The van der Waals surface area contributed by atoms with Gasteiger partial charge in [0.15, 0.2) is 0 Å². The number of nitrogens with one attached hydrogen (secondary N) is 2. The van der Waals surface area contributed by atoms with E-state index in [1.807, 2.05) is 6.20 Å². The van der Waals surface area contributed by atoms with Crippen LogP contribution in [0.5, 0.6) is 0 Å². The van der Waals surface area contributed by atoms with E-state index in [9.17, 15) is 0 Å². The van der Waals surface area contributed by atoms with Gasteiger partial charge in [0.25, 0.3) is 0 Å². The van der Waals surface area contributed by atoms with Crippen molar-refractivity contribution in [3.63, 3.8) is 0 Å². The lowest BCUT2D eigenvalue weighted by Gasteiger charge is -2.10. The number of imidazole rings is 1. The molecule has 0 aliphatic carbocycles. The average Bonchev–Trinajstić information content (AvgIpc) is 2.96. The number of aromatic amines is 1. The molecule has 0 amide bonds. The van der Waals surface area contributed by atoms with Crippen LogP contribution in [-0.2, 0) is 6.54 Å². The lowest BCUT2D eigenvalue weighted by Crippen LogP contribution is -2.03. The van der Waals surface area contributed by atoms with Gasteiger partial charge in [0.05, 0.1) is 6.20 Å². The van der Waals surface area contributed by atoms with Crippen molar-refractivity contribution in [2.75, 3.05) is 5.32 Å². The van der Waals surface area contributed by atoms with E-state index in [-0.39, 0.29) is 12.4 Å². The lowest BCUT2D eigenvalue weighted by atomic mass is 10.0. The van der Waals surface area contributed by atoms with E-state index in [0.717, 1.165) is 23.8 Å². The minimum absolute atomic E-state index is 0. The van der Waals surface area contributed by atoms with Gasteiger partial charge in [-0.2, -0.15) is 0 Å². The third kappa shape index (κ3) is 3.93. The van der Waals surface area contributed by atoms with E-state index < -0.39 is 0 Å². The molecule has 0 spiro atoms. The number of rotatable bonds is 4. The molecular formula is C19H22ClN3. The van der Waals surface area contributed by atoms with Gasteiger partial charge >= 0.3 is 0 Å². The lowest BCUT2D eigenvalue weighted by molar-refractivity contribution is 1.07. The minimum Gasteiger partial charge on any atom is -0.366 e. The predicted molar refractivity (Wildman–Crippen MR) is 99.3 cm³/mol. The Labute approximate surface area is 143 Å². The molecule has 0 fully saturated rings. The van der Waals surface area contributed by atoms with E-state index in [1.165, 1.54) is 22.3 Å². The van der Waals surface area contributed by atoms with Gasteiger partial charge in [-0.25, -0.2) is 4.98 Å². The van der Waals surface area contributed by atoms with Crippen molar-refractivity contribution in [3.05, 3.63) is 70.9 Å². The highest BCUT2D eigenvalue weighted by Crippen LogP contribution is 2.19. The summed E-state index contributed by atoms with van der Waals surface area (Å²) in [6, 6.07) is 14.8. The third-order valence-electron chi connectivity index (χ3n) is 4.00. The summed E-state index contributed by atoms with van der Waals surface area (Å²) in [6.07, 6.45) is 1.85. The molecule has 3 aromatic rings. The second kappa shape index (κ2) is 7.34. The van der Waals surface area contributed by atoms with E-state index >= 15 is 0 Å². The molecule has 0 aliphatic rings. The maximum atomic E-state index is 4.46. The highest BCUT2D eigenvalue weighted by molar-refractivity contribution is 5.85. The van der Waals surface area contributed by atoms with E-state index in [0.29, 0.717) is 0 Å². The highest BCUT2D eigenvalue weighted by atomic mass is 35.5. The maximum absolute atomic E-state index is 4.46. The van der Waals surface area contributed by atoms with E-state index in [4.69, 9.17) is 0 Å². The Hall–Kier alpha value is -2.26. The summed E-state index contributed by atoms with van der Waals surface area (Å²) >= 11 is 0. The second-order valence-corrected chi connectivity index (χ2v) is 5.74. The zero-order valence-electron chi connectivity index (χ0n) is 13.7.